The molecule has 0 radical (unpaired) electrons. The third-order valence-electron chi connectivity index (χ3n) is 3.92. The second-order valence-corrected chi connectivity index (χ2v) is 5.76. The largest absolute Gasteiger partial charge is 0.508 e. The minimum absolute atomic E-state index is 0.0466. The molecule has 0 aliphatic rings. The summed E-state index contributed by atoms with van der Waals surface area (Å²) in [5.41, 5.74) is 1.13. The molecule has 0 fully saturated rings. The summed E-state index contributed by atoms with van der Waals surface area (Å²) in [7, 11) is 0. The standard InChI is InChI=1S/C17H13ClF2N2O2/c1-10-21(9-16(24)12-7-6-11(23)8-13(12)18)14-4-2-3-5-15(14)22(10)17(19)20/h2-8,17H,9H2,1H3/p+1. The molecule has 0 atom stereocenters. The van der Waals surface area contributed by atoms with Crippen LogP contribution in [0.3, 0.4) is 0 Å². The molecule has 24 heavy (non-hydrogen) atoms. The van der Waals surface area contributed by atoms with Gasteiger partial charge in [-0.3, -0.25) is 4.79 Å². The summed E-state index contributed by atoms with van der Waals surface area (Å²) < 4.78 is 29.1. The fourth-order valence-electron chi connectivity index (χ4n) is 2.78. The fourth-order valence-corrected chi connectivity index (χ4v) is 3.06. The van der Waals surface area contributed by atoms with Gasteiger partial charge in [0.05, 0.1) is 5.02 Å². The molecule has 0 amide bonds. The van der Waals surface area contributed by atoms with E-state index in [1.165, 1.54) is 29.7 Å². The van der Waals surface area contributed by atoms with Gasteiger partial charge in [0, 0.05) is 12.5 Å². The summed E-state index contributed by atoms with van der Waals surface area (Å²) in [5.74, 6) is -0.102. The van der Waals surface area contributed by atoms with Gasteiger partial charge in [-0.1, -0.05) is 23.7 Å². The molecule has 0 aliphatic heterocycles. The number of Topliss-reactive ketones (excluding diaryl/α,β-unsaturated/α-hetero) is 1. The Kier molecular flexibility index (Phi) is 4.24. The Balaban J connectivity index is 2.07. The van der Waals surface area contributed by atoms with Crippen molar-refractivity contribution in [3.8, 4) is 5.75 Å². The lowest BCUT2D eigenvalue weighted by Crippen LogP contribution is -2.40. The number of benzene rings is 2. The first kappa shape index (κ1) is 16.4. The van der Waals surface area contributed by atoms with Crippen molar-refractivity contribution in [3.63, 3.8) is 0 Å². The van der Waals surface area contributed by atoms with E-state index in [4.69, 9.17) is 11.6 Å². The van der Waals surface area contributed by atoms with Crippen LogP contribution in [0.5, 0.6) is 5.75 Å². The summed E-state index contributed by atoms with van der Waals surface area (Å²) >= 11 is 5.99. The zero-order valence-electron chi connectivity index (χ0n) is 12.7. The minimum atomic E-state index is -2.71. The summed E-state index contributed by atoms with van der Waals surface area (Å²) in [5, 5.41) is 9.49. The Hall–Kier alpha value is -2.47. The number of aromatic nitrogens is 2. The van der Waals surface area contributed by atoms with Crippen molar-refractivity contribution >= 4 is 28.4 Å². The number of imidazole rings is 1. The van der Waals surface area contributed by atoms with Crippen molar-refractivity contribution in [2.45, 2.75) is 20.0 Å². The Labute approximate surface area is 141 Å². The maximum absolute atomic E-state index is 13.4. The highest BCUT2D eigenvalue weighted by Gasteiger charge is 2.28. The van der Waals surface area contributed by atoms with Crippen LogP contribution in [0.1, 0.15) is 22.7 Å². The van der Waals surface area contributed by atoms with Gasteiger partial charge in [0.25, 0.3) is 5.82 Å². The number of fused-ring (bicyclic) bond motifs is 1. The van der Waals surface area contributed by atoms with Crippen LogP contribution < -0.4 is 4.57 Å². The monoisotopic (exact) mass is 351 g/mol. The molecule has 0 aliphatic carbocycles. The Bertz CT molecular complexity index is 938. The van der Waals surface area contributed by atoms with Crippen LogP contribution in [0.15, 0.2) is 42.5 Å². The van der Waals surface area contributed by atoms with Gasteiger partial charge < -0.3 is 5.11 Å². The molecular formula is C17H14ClF2N2O2+. The second kappa shape index (κ2) is 6.20. The molecule has 1 aromatic heterocycles. The van der Waals surface area contributed by atoms with Gasteiger partial charge in [0.2, 0.25) is 5.78 Å². The first-order valence-corrected chi connectivity index (χ1v) is 7.57. The van der Waals surface area contributed by atoms with Gasteiger partial charge in [0.1, 0.15) is 5.75 Å². The summed E-state index contributed by atoms with van der Waals surface area (Å²) in [4.78, 5) is 12.5. The van der Waals surface area contributed by atoms with Crippen LogP contribution >= 0.6 is 11.6 Å². The Morgan fingerprint density at radius 1 is 1.29 bits per heavy atom. The van der Waals surface area contributed by atoms with E-state index in [-0.39, 0.29) is 34.5 Å². The Morgan fingerprint density at radius 3 is 2.67 bits per heavy atom. The topological polar surface area (TPSA) is 46.1 Å². The maximum atomic E-state index is 13.4. The van der Waals surface area contributed by atoms with Gasteiger partial charge in [-0.05, 0) is 30.3 Å². The van der Waals surface area contributed by atoms with Crippen molar-refractivity contribution in [2.24, 2.45) is 0 Å². The zero-order chi connectivity index (χ0) is 17.4. The molecule has 1 heterocycles. The summed E-state index contributed by atoms with van der Waals surface area (Å²) in [6.45, 7) is -1.29. The molecule has 7 heteroatoms. The van der Waals surface area contributed by atoms with Crippen molar-refractivity contribution in [3.05, 3.63) is 58.9 Å². The molecule has 4 nitrogen and oxygen atoms in total. The Morgan fingerprint density at radius 2 is 2.00 bits per heavy atom. The molecular weight excluding hydrogens is 338 g/mol. The molecule has 3 aromatic rings. The molecule has 124 valence electrons. The number of alkyl halides is 2. The number of aromatic hydroxyl groups is 1. The van der Waals surface area contributed by atoms with E-state index < -0.39 is 6.55 Å². The molecule has 0 spiro atoms. The molecule has 1 N–H and O–H groups in total. The lowest BCUT2D eigenvalue weighted by Gasteiger charge is -2.04. The normalized spacial score (nSPS) is 11.4. The van der Waals surface area contributed by atoms with Gasteiger partial charge in [-0.25, -0.2) is 4.57 Å². The van der Waals surface area contributed by atoms with E-state index in [9.17, 15) is 18.7 Å². The molecule has 2 aromatic carbocycles. The third kappa shape index (κ3) is 2.73. The average Bonchev–Trinajstić information content (AvgIpc) is 2.79. The van der Waals surface area contributed by atoms with E-state index >= 15 is 0 Å². The number of ketones is 1. The summed E-state index contributed by atoms with van der Waals surface area (Å²) in [6, 6.07) is 10.7. The number of hydrogen-bond donors (Lipinski definition) is 1. The molecule has 0 saturated heterocycles. The first-order chi connectivity index (χ1) is 11.4. The summed E-state index contributed by atoms with van der Waals surface area (Å²) in [6.07, 6.45) is 0. The van der Waals surface area contributed by atoms with Gasteiger partial charge >= 0.3 is 6.55 Å². The second-order valence-electron chi connectivity index (χ2n) is 5.36. The van der Waals surface area contributed by atoms with Crippen molar-refractivity contribution < 1.29 is 23.2 Å². The van der Waals surface area contributed by atoms with Gasteiger partial charge in [-0.15, -0.1) is 0 Å². The molecule has 0 bridgehead atoms. The molecule has 0 saturated carbocycles. The number of carbonyl (C=O) groups excluding carboxylic acids is 1. The lowest BCUT2D eigenvalue weighted by atomic mass is 10.1. The number of halogens is 3. The van der Waals surface area contributed by atoms with Crippen LogP contribution in [0, 0.1) is 6.92 Å². The van der Waals surface area contributed by atoms with Gasteiger partial charge in [0.15, 0.2) is 17.6 Å². The molecule has 0 unspecified atom stereocenters. The average molecular weight is 352 g/mol. The predicted molar refractivity (Wildman–Crippen MR) is 85.6 cm³/mol. The van der Waals surface area contributed by atoms with Crippen LogP contribution in [-0.2, 0) is 6.54 Å². The van der Waals surface area contributed by atoms with Crippen molar-refractivity contribution in [1.82, 2.24) is 4.57 Å². The highest BCUT2D eigenvalue weighted by Crippen LogP contribution is 2.24. The highest BCUT2D eigenvalue weighted by atomic mass is 35.5. The highest BCUT2D eigenvalue weighted by molar-refractivity contribution is 6.34. The number of phenolic OH excluding ortho intramolecular Hbond substituents is 1. The fraction of sp³-hybridized carbons (Fsp3) is 0.176. The predicted octanol–water partition coefficient (Wildman–Crippen LogP) is 3.87. The van der Waals surface area contributed by atoms with E-state index in [0.717, 1.165) is 4.57 Å². The smallest absolute Gasteiger partial charge is 0.387 e. The van der Waals surface area contributed by atoms with Crippen LogP contribution in [0.4, 0.5) is 8.78 Å². The van der Waals surface area contributed by atoms with Crippen LogP contribution in [-0.4, -0.2) is 15.5 Å². The SMILES string of the molecule is Cc1n(C(F)F)c2ccccc2[n+]1CC(=O)c1ccc(O)cc1Cl. The number of carbonyl (C=O) groups is 1. The molecule has 3 rings (SSSR count). The van der Waals surface area contributed by atoms with E-state index in [1.54, 1.807) is 24.3 Å². The number of nitrogens with zero attached hydrogens (tertiary/aromatic N) is 2. The van der Waals surface area contributed by atoms with E-state index in [1.807, 2.05) is 0 Å². The number of phenols is 1. The van der Waals surface area contributed by atoms with Gasteiger partial charge in [-0.2, -0.15) is 13.3 Å². The maximum Gasteiger partial charge on any atom is 0.387 e. The first-order valence-electron chi connectivity index (χ1n) is 7.19. The quantitative estimate of drug-likeness (QED) is 0.573. The third-order valence-corrected chi connectivity index (χ3v) is 4.23. The number of rotatable bonds is 4. The van der Waals surface area contributed by atoms with Crippen molar-refractivity contribution in [1.29, 1.82) is 0 Å². The minimum Gasteiger partial charge on any atom is -0.508 e. The number of para-hydroxylation sites is 2. The van der Waals surface area contributed by atoms with E-state index in [2.05, 4.69) is 0 Å². The lowest BCUT2D eigenvalue weighted by molar-refractivity contribution is -0.664. The number of hydrogen-bond acceptors (Lipinski definition) is 2. The zero-order valence-corrected chi connectivity index (χ0v) is 13.5. The van der Waals surface area contributed by atoms with Crippen LogP contribution in [0.2, 0.25) is 5.02 Å². The van der Waals surface area contributed by atoms with Crippen LogP contribution in [0.25, 0.3) is 11.0 Å². The van der Waals surface area contributed by atoms with Crippen molar-refractivity contribution in [2.75, 3.05) is 0 Å². The van der Waals surface area contributed by atoms with E-state index in [0.29, 0.717) is 11.0 Å².